The number of ether oxygens (including phenoxy) is 3. The second kappa shape index (κ2) is 9.83. The fraction of sp³-hybridized carbons (Fsp3) is 0.348. The number of carbonyl (C=O) groups is 1. The standard InChI is InChI=1S/C23H29NO4/c1-7-24(8-2)18-11-9-17(10-12-18)15-16(3)21(25)19-13-14-20(26-4)23(28-6)22(19)27-5/h9-15H,7-8H2,1-6H3. The quantitative estimate of drug-likeness (QED) is 0.458. The van der Waals surface area contributed by atoms with E-state index in [-0.39, 0.29) is 5.78 Å². The fourth-order valence-corrected chi connectivity index (χ4v) is 3.18. The van der Waals surface area contributed by atoms with Crippen LogP contribution in [-0.4, -0.2) is 40.2 Å². The summed E-state index contributed by atoms with van der Waals surface area (Å²) >= 11 is 0. The minimum Gasteiger partial charge on any atom is -0.493 e. The normalized spacial score (nSPS) is 11.1. The van der Waals surface area contributed by atoms with Crippen LogP contribution in [0.3, 0.4) is 0 Å². The van der Waals surface area contributed by atoms with Gasteiger partial charge in [-0.25, -0.2) is 0 Å². The molecule has 28 heavy (non-hydrogen) atoms. The summed E-state index contributed by atoms with van der Waals surface area (Å²) in [6.07, 6.45) is 1.88. The Morgan fingerprint density at radius 1 is 0.893 bits per heavy atom. The van der Waals surface area contributed by atoms with Crippen molar-refractivity contribution in [1.29, 1.82) is 0 Å². The Bertz CT molecular complexity index is 836. The number of Topliss-reactive ketones (excluding diaryl/α,β-unsaturated/α-hetero) is 1. The molecule has 0 aromatic heterocycles. The van der Waals surface area contributed by atoms with Gasteiger partial charge in [-0.05, 0) is 62.2 Å². The number of anilines is 1. The topological polar surface area (TPSA) is 48.0 Å². The van der Waals surface area contributed by atoms with E-state index in [1.54, 1.807) is 26.2 Å². The van der Waals surface area contributed by atoms with Crippen LogP contribution in [0.2, 0.25) is 0 Å². The van der Waals surface area contributed by atoms with Gasteiger partial charge in [0, 0.05) is 18.8 Å². The van der Waals surface area contributed by atoms with Crippen LogP contribution in [0.4, 0.5) is 5.69 Å². The molecule has 0 aliphatic rings. The Kier molecular flexibility index (Phi) is 7.50. The van der Waals surface area contributed by atoms with Crippen molar-refractivity contribution in [3.05, 3.63) is 53.1 Å². The third-order valence-corrected chi connectivity index (χ3v) is 4.71. The van der Waals surface area contributed by atoms with Gasteiger partial charge in [0.15, 0.2) is 17.3 Å². The third kappa shape index (κ3) is 4.47. The first-order valence-corrected chi connectivity index (χ1v) is 9.37. The van der Waals surface area contributed by atoms with Crippen molar-refractivity contribution < 1.29 is 19.0 Å². The molecule has 0 saturated heterocycles. The molecule has 0 saturated carbocycles. The number of benzene rings is 2. The maximum atomic E-state index is 13.0. The van der Waals surface area contributed by atoms with Crippen molar-refractivity contribution >= 4 is 17.5 Å². The number of rotatable bonds is 9. The minimum atomic E-state index is -0.120. The van der Waals surface area contributed by atoms with E-state index in [9.17, 15) is 4.79 Å². The number of allylic oxidation sites excluding steroid dienone is 1. The Morgan fingerprint density at radius 2 is 1.50 bits per heavy atom. The van der Waals surface area contributed by atoms with Crippen LogP contribution in [0, 0.1) is 0 Å². The van der Waals surface area contributed by atoms with Crippen LogP contribution in [0.25, 0.3) is 6.08 Å². The van der Waals surface area contributed by atoms with Crippen LogP contribution in [0.5, 0.6) is 17.2 Å². The van der Waals surface area contributed by atoms with Gasteiger partial charge in [-0.1, -0.05) is 12.1 Å². The minimum absolute atomic E-state index is 0.120. The highest BCUT2D eigenvalue weighted by Gasteiger charge is 2.21. The molecule has 2 aromatic rings. The lowest BCUT2D eigenvalue weighted by molar-refractivity contribution is 0.103. The predicted molar refractivity (Wildman–Crippen MR) is 114 cm³/mol. The van der Waals surface area contributed by atoms with Gasteiger partial charge in [0.2, 0.25) is 5.75 Å². The number of hydrogen-bond acceptors (Lipinski definition) is 5. The number of methoxy groups -OCH3 is 3. The first-order chi connectivity index (χ1) is 13.5. The average molecular weight is 383 g/mol. The second-order valence-electron chi connectivity index (χ2n) is 6.30. The molecule has 0 aliphatic carbocycles. The summed E-state index contributed by atoms with van der Waals surface area (Å²) in [6, 6.07) is 11.6. The van der Waals surface area contributed by atoms with E-state index in [4.69, 9.17) is 14.2 Å². The first kappa shape index (κ1) is 21.4. The summed E-state index contributed by atoms with van der Waals surface area (Å²) < 4.78 is 16.1. The molecule has 0 atom stereocenters. The summed E-state index contributed by atoms with van der Waals surface area (Å²) in [5.74, 6) is 1.18. The van der Waals surface area contributed by atoms with E-state index in [1.165, 1.54) is 19.9 Å². The molecule has 0 amide bonds. The molecule has 0 aliphatic heterocycles. The largest absolute Gasteiger partial charge is 0.493 e. The van der Waals surface area contributed by atoms with E-state index in [0.29, 0.717) is 28.4 Å². The lowest BCUT2D eigenvalue weighted by atomic mass is 10.0. The monoisotopic (exact) mass is 383 g/mol. The van der Waals surface area contributed by atoms with Crippen molar-refractivity contribution in [2.45, 2.75) is 20.8 Å². The highest BCUT2D eigenvalue weighted by atomic mass is 16.5. The Hall–Kier alpha value is -2.95. The maximum absolute atomic E-state index is 13.0. The molecule has 0 spiro atoms. The lowest BCUT2D eigenvalue weighted by Gasteiger charge is -2.20. The van der Waals surface area contributed by atoms with E-state index < -0.39 is 0 Å². The van der Waals surface area contributed by atoms with Gasteiger partial charge in [0.1, 0.15) is 0 Å². The zero-order valence-corrected chi connectivity index (χ0v) is 17.5. The molecule has 5 nitrogen and oxygen atoms in total. The molecule has 2 rings (SSSR count). The fourth-order valence-electron chi connectivity index (χ4n) is 3.18. The van der Waals surface area contributed by atoms with E-state index in [0.717, 1.165) is 18.7 Å². The predicted octanol–water partition coefficient (Wildman–Crippen LogP) is 4.84. The number of carbonyl (C=O) groups excluding carboxylic acids is 1. The van der Waals surface area contributed by atoms with Gasteiger partial charge in [0.25, 0.3) is 0 Å². The van der Waals surface area contributed by atoms with E-state index in [1.807, 2.05) is 18.2 Å². The van der Waals surface area contributed by atoms with Crippen molar-refractivity contribution in [3.63, 3.8) is 0 Å². The number of nitrogens with zero attached hydrogens (tertiary/aromatic N) is 1. The van der Waals surface area contributed by atoms with Crippen molar-refractivity contribution in [2.75, 3.05) is 39.3 Å². The molecule has 0 N–H and O–H groups in total. The van der Waals surface area contributed by atoms with Gasteiger partial charge in [-0.15, -0.1) is 0 Å². The molecule has 150 valence electrons. The summed E-state index contributed by atoms with van der Waals surface area (Å²) in [7, 11) is 4.58. The third-order valence-electron chi connectivity index (χ3n) is 4.71. The van der Waals surface area contributed by atoms with Crippen LogP contribution >= 0.6 is 0 Å². The zero-order valence-electron chi connectivity index (χ0n) is 17.5. The van der Waals surface area contributed by atoms with E-state index >= 15 is 0 Å². The molecular weight excluding hydrogens is 354 g/mol. The van der Waals surface area contributed by atoms with Gasteiger partial charge in [-0.3, -0.25) is 4.79 Å². The zero-order chi connectivity index (χ0) is 20.7. The smallest absolute Gasteiger partial charge is 0.204 e. The summed E-state index contributed by atoms with van der Waals surface area (Å²) in [5, 5.41) is 0. The van der Waals surface area contributed by atoms with Gasteiger partial charge in [-0.2, -0.15) is 0 Å². The lowest BCUT2D eigenvalue weighted by Crippen LogP contribution is -2.21. The van der Waals surface area contributed by atoms with Gasteiger partial charge in [0.05, 0.1) is 26.9 Å². The summed E-state index contributed by atoms with van der Waals surface area (Å²) in [6.45, 7) is 7.99. The molecular formula is C23H29NO4. The number of ketones is 1. The Balaban J connectivity index is 2.34. The van der Waals surface area contributed by atoms with Crippen LogP contribution < -0.4 is 19.1 Å². The Labute approximate surface area is 167 Å². The molecule has 0 unspecified atom stereocenters. The second-order valence-corrected chi connectivity index (χ2v) is 6.30. The van der Waals surface area contributed by atoms with Crippen molar-refractivity contribution in [1.82, 2.24) is 0 Å². The molecule has 2 aromatic carbocycles. The summed E-state index contributed by atoms with van der Waals surface area (Å²) in [5.41, 5.74) is 3.20. The van der Waals surface area contributed by atoms with Crippen LogP contribution in [0.1, 0.15) is 36.7 Å². The molecule has 0 bridgehead atoms. The van der Waals surface area contributed by atoms with Crippen molar-refractivity contribution in [2.24, 2.45) is 0 Å². The SMILES string of the molecule is CCN(CC)c1ccc(C=C(C)C(=O)c2ccc(OC)c(OC)c2OC)cc1. The highest BCUT2D eigenvalue weighted by molar-refractivity contribution is 6.13. The van der Waals surface area contributed by atoms with Gasteiger partial charge >= 0.3 is 0 Å². The van der Waals surface area contributed by atoms with Crippen LogP contribution in [-0.2, 0) is 0 Å². The Morgan fingerprint density at radius 3 is 2.00 bits per heavy atom. The molecule has 0 radical (unpaired) electrons. The average Bonchev–Trinajstić information content (AvgIpc) is 2.73. The molecule has 0 heterocycles. The highest BCUT2D eigenvalue weighted by Crippen LogP contribution is 2.40. The maximum Gasteiger partial charge on any atom is 0.204 e. The molecule has 5 heteroatoms. The first-order valence-electron chi connectivity index (χ1n) is 9.37. The van der Waals surface area contributed by atoms with Gasteiger partial charge < -0.3 is 19.1 Å². The van der Waals surface area contributed by atoms with Crippen LogP contribution in [0.15, 0.2) is 42.0 Å². The summed E-state index contributed by atoms with van der Waals surface area (Å²) in [4.78, 5) is 15.3. The molecule has 0 fully saturated rings. The van der Waals surface area contributed by atoms with Crippen molar-refractivity contribution in [3.8, 4) is 17.2 Å². The van der Waals surface area contributed by atoms with E-state index in [2.05, 4.69) is 30.9 Å². The number of hydrogen-bond donors (Lipinski definition) is 0.